The van der Waals surface area contributed by atoms with Crippen molar-refractivity contribution in [3.05, 3.63) is 23.8 Å². The average molecular weight is 253 g/mol. The number of carbonyl (C=O) groups is 1. The molecule has 1 rings (SSSR count). The molecule has 1 aromatic rings. The zero-order valence-corrected chi connectivity index (χ0v) is 10.8. The third kappa shape index (κ3) is 2.73. The van der Waals surface area contributed by atoms with Crippen LogP contribution in [-0.4, -0.2) is 39.3 Å². The Bertz CT molecular complexity index is 413. The van der Waals surface area contributed by atoms with E-state index in [1.165, 1.54) is 18.2 Å². The summed E-state index contributed by atoms with van der Waals surface area (Å²) in [6, 6.07) is 3.43. The summed E-state index contributed by atoms with van der Waals surface area (Å²) in [5, 5.41) is 28.7. The zero-order chi connectivity index (χ0) is 13.9. The molecule has 0 spiro atoms. The largest absolute Gasteiger partial charge is 0.507 e. The molecule has 18 heavy (non-hydrogen) atoms. The first-order valence-corrected chi connectivity index (χ1v) is 5.85. The molecular formula is C13H19NO4. The van der Waals surface area contributed by atoms with Crippen molar-refractivity contribution in [2.75, 3.05) is 7.05 Å². The minimum atomic E-state index is -0.915. The summed E-state index contributed by atoms with van der Waals surface area (Å²) in [4.78, 5) is 12.7. The van der Waals surface area contributed by atoms with Crippen LogP contribution in [-0.2, 0) is 4.79 Å². The van der Waals surface area contributed by atoms with Crippen molar-refractivity contribution in [3.8, 4) is 11.5 Å². The van der Waals surface area contributed by atoms with Crippen LogP contribution in [0.3, 0.4) is 0 Å². The molecule has 0 aliphatic heterocycles. The van der Waals surface area contributed by atoms with Crippen LogP contribution in [0, 0.1) is 0 Å². The van der Waals surface area contributed by atoms with Crippen molar-refractivity contribution in [1.29, 1.82) is 0 Å². The highest BCUT2D eigenvalue weighted by atomic mass is 16.4. The van der Waals surface area contributed by atoms with E-state index >= 15 is 0 Å². The standard InChI is InChI=1S/C13H19NO4/c1-4-9(13(17)18)14(3)8(2)12-10(15)6-5-7-11(12)16/h5-9,15-16H,4H2,1-3H3,(H,17,18). The smallest absolute Gasteiger partial charge is 0.320 e. The van der Waals surface area contributed by atoms with Gasteiger partial charge in [0.1, 0.15) is 17.5 Å². The molecule has 0 aliphatic rings. The van der Waals surface area contributed by atoms with Gasteiger partial charge in [-0.25, -0.2) is 0 Å². The van der Waals surface area contributed by atoms with Gasteiger partial charge in [-0.2, -0.15) is 0 Å². The van der Waals surface area contributed by atoms with Crippen molar-refractivity contribution in [2.24, 2.45) is 0 Å². The van der Waals surface area contributed by atoms with Gasteiger partial charge >= 0.3 is 5.97 Å². The van der Waals surface area contributed by atoms with E-state index < -0.39 is 18.1 Å². The number of carboxylic acid groups (broad SMARTS) is 1. The maximum Gasteiger partial charge on any atom is 0.320 e. The normalized spacial score (nSPS) is 14.4. The van der Waals surface area contributed by atoms with E-state index in [4.69, 9.17) is 5.11 Å². The van der Waals surface area contributed by atoms with Crippen molar-refractivity contribution < 1.29 is 20.1 Å². The Morgan fingerprint density at radius 1 is 1.33 bits per heavy atom. The number of likely N-dealkylation sites (N-methyl/N-ethyl adjacent to an activating group) is 1. The third-order valence-corrected chi connectivity index (χ3v) is 3.25. The predicted molar refractivity (Wildman–Crippen MR) is 67.7 cm³/mol. The minimum Gasteiger partial charge on any atom is -0.507 e. The zero-order valence-electron chi connectivity index (χ0n) is 10.8. The van der Waals surface area contributed by atoms with Crippen molar-refractivity contribution in [3.63, 3.8) is 0 Å². The highest BCUT2D eigenvalue weighted by Gasteiger charge is 2.28. The fraction of sp³-hybridized carbons (Fsp3) is 0.462. The summed E-state index contributed by atoms with van der Waals surface area (Å²) < 4.78 is 0. The quantitative estimate of drug-likeness (QED) is 0.747. The van der Waals surface area contributed by atoms with E-state index in [2.05, 4.69) is 0 Å². The molecule has 0 aromatic heterocycles. The Kier molecular flexibility index (Phi) is 4.55. The Hall–Kier alpha value is -1.75. The summed E-state index contributed by atoms with van der Waals surface area (Å²) in [6.45, 7) is 3.53. The highest BCUT2D eigenvalue weighted by molar-refractivity contribution is 5.73. The van der Waals surface area contributed by atoms with E-state index in [0.717, 1.165) is 0 Å². The maximum atomic E-state index is 11.1. The number of phenolic OH excluding ortho intramolecular Hbond substituents is 2. The number of hydrogen-bond acceptors (Lipinski definition) is 4. The van der Waals surface area contributed by atoms with Crippen molar-refractivity contribution >= 4 is 5.97 Å². The lowest BCUT2D eigenvalue weighted by molar-refractivity contribution is -0.143. The predicted octanol–water partition coefficient (Wildman–Crippen LogP) is 1.95. The van der Waals surface area contributed by atoms with Gasteiger partial charge in [-0.3, -0.25) is 9.69 Å². The Morgan fingerprint density at radius 3 is 2.22 bits per heavy atom. The second kappa shape index (κ2) is 5.73. The lowest BCUT2D eigenvalue weighted by atomic mass is 10.0. The molecule has 5 heteroatoms. The molecular weight excluding hydrogens is 234 g/mol. The summed E-state index contributed by atoms with van der Waals surface area (Å²) in [7, 11) is 1.67. The number of aliphatic carboxylic acids is 1. The second-order valence-corrected chi connectivity index (χ2v) is 4.31. The Balaban J connectivity index is 3.06. The van der Waals surface area contributed by atoms with E-state index in [1.54, 1.807) is 25.8 Å². The Labute approximate surface area is 106 Å². The first kappa shape index (κ1) is 14.3. The van der Waals surface area contributed by atoms with Crippen molar-refractivity contribution in [1.82, 2.24) is 4.90 Å². The van der Waals surface area contributed by atoms with Gasteiger partial charge in [-0.15, -0.1) is 0 Å². The average Bonchev–Trinajstić information content (AvgIpc) is 2.28. The summed E-state index contributed by atoms with van der Waals surface area (Å²) in [5.74, 6) is -0.981. The number of hydrogen-bond donors (Lipinski definition) is 3. The molecule has 2 atom stereocenters. The first-order chi connectivity index (χ1) is 8.40. The lowest BCUT2D eigenvalue weighted by Crippen LogP contribution is -2.39. The molecule has 0 aliphatic carbocycles. The number of nitrogens with zero attached hydrogens (tertiary/aromatic N) is 1. The first-order valence-electron chi connectivity index (χ1n) is 5.85. The molecule has 100 valence electrons. The minimum absolute atomic E-state index is 0.0328. The Morgan fingerprint density at radius 2 is 1.83 bits per heavy atom. The third-order valence-electron chi connectivity index (χ3n) is 3.25. The van der Waals surface area contributed by atoms with E-state index in [1.807, 2.05) is 0 Å². The number of aromatic hydroxyl groups is 2. The van der Waals surface area contributed by atoms with Crippen LogP contribution in [0.25, 0.3) is 0 Å². The maximum absolute atomic E-state index is 11.1. The van der Waals surface area contributed by atoms with Gasteiger partial charge in [-0.05, 0) is 32.5 Å². The van der Waals surface area contributed by atoms with Gasteiger partial charge < -0.3 is 15.3 Å². The molecule has 0 saturated carbocycles. The number of rotatable bonds is 5. The van der Waals surface area contributed by atoms with Gasteiger partial charge in [0.2, 0.25) is 0 Å². The monoisotopic (exact) mass is 253 g/mol. The van der Waals surface area contributed by atoms with Gasteiger partial charge in [0.25, 0.3) is 0 Å². The van der Waals surface area contributed by atoms with Crippen LogP contribution in [0.15, 0.2) is 18.2 Å². The van der Waals surface area contributed by atoms with Crippen LogP contribution in [0.5, 0.6) is 11.5 Å². The molecule has 3 N–H and O–H groups in total. The van der Waals surface area contributed by atoms with Gasteiger partial charge in [-0.1, -0.05) is 13.0 Å². The summed E-state index contributed by atoms with van der Waals surface area (Å²) >= 11 is 0. The van der Waals surface area contributed by atoms with Gasteiger partial charge in [0, 0.05) is 6.04 Å². The summed E-state index contributed by atoms with van der Waals surface area (Å²) in [6.07, 6.45) is 0.449. The van der Waals surface area contributed by atoms with Gasteiger partial charge in [0.15, 0.2) is 0 Å². The summed E-state index contributed by atoms with van der Waals surface area (Å²) in [5.41, 5.74) is 0.347. The fourth-order valence-corrected chi connectivity index (χ4v) is 2.08. The SMILES string of the molecule is CCC(C(=O)O)N(C)C(C)c1c(O)cccc1O. The molecule has 0 radical (unpaired) electrons. The van der Waals surface area contributed by atoms with Crippen LogP contribution >= 0.6 is 0 Å². The van der Waals surface area contributed by atoms with Gasteiger partial charge in [0.05, 0.1) is 5.56 Å². The van der Waals surface area contributed by atoms with Crippen LogP contribution in [0.4, 0.5) is 0 Å². The van der Waals surface area contributed by atoms with Crippen molar-refractivity contribution in [2.45, 2.75) is 32.4 Å². The van der Waals surface area contributed by atoms with E-state index in [9.17, 15) is 15.0 Å². The van der Waals surface area contributed by atoms with Crippen LogP contribution in [0.1, 0.15) is 31.9 Å². The number of benzene rings is 1. The molecule has 0 fully saturated rings. The highest BCUT2D eigenvalue weighted by Crippen LogP contribution is 2.35. The lowest BCUT2D eigenvalue weighted by Gasteiger charge is -2.30. The molecule has 0 amide bonds. The van der Waals surface area contributed by atoms with Crippen LogP contribution < -0.4 is 0 Å². The molecule has 0 bridgehead atoms. The molecule has 5 nitrogen and oxygen atoms in total. The number of phenols is 2. The molecule has 1 aromatic carbocycles. The second-order valence-electron chi connectivity index (χ2n) is 4.31. The number of carboxylic acids is 1. The topological polar surface area (TPSA) is 81.0 Å². The molecule has 2 unspecified atom stereocenters. The van der Waals surface area contributed by atoms with Crippen LogP contribution in [0.2, 0.25) is 0 Å². The molecule has 0 saturated heterocycles. The fourth-order valence-electron chi connectivity index (χ4n) is 2.08. The van der Waals surface area contributed by atoms with E-state index in [0.29, 0.717) is 12.0 Å². The van der Waals surface area contributed by atoms with E-state index in [-0.39, 0.29) is 11.5 Å². The molecule has 0 heterocycles.